The molecule has 0 bridgehead atoms. The van der Waals surface area contributed by atoms with Gasteiger partial charge in [0, 0.05) is 0 Å². The molecule has 4 amide bonds. The summed E-state index contributed by atoms with van der Waals surface area (Å²) in [6, 6.07) is 14.0. The average Bonchev–Trinajstić information content (AvgIpc) is 3.16. The van der Waals surface area contributed by atoms with Crippen molar-refractivity contribution >= 4 is 23.5 Å². The first-order valence-electron chi connectivity index (χ1n) is 8.70. The van der Waals surface area contributed by atoms with Crippen molar-refractivity contribution in [2.45, 2.75) is 18.4 Å². The molecule has 1 aliphatic carbocycles. The van der Waals surface area contributed by atoms with E-state index < -0.39 is 17.5 Å². The largest absolute Gasteiger partial charge is 0.495 e. The number of para-hydroxylation sites is 2. The number of imide groups is 1. The molecule has 138 valence electrons. The zero-order valence-electron chi connectivity index (χ0n) is 14.8. The van der Waals surface area contributed by atoms with Crippen LogP contribution in [0.1, 0.15) is 17.5 Å². The lowest BCUT2D eigenvalue weighted by Crippen LogP contribution is -2.43. The number of urea groups is 1. The molecule has 1 atom stereocenters. The van der Waals surface area contributed by atoms with Crippen molar-refractivity contribution in [1.82, 2.24) is 10.2 Å². The zero-order valence-corrected chi connectivity index (χ0v) is 14.8. The lowest BCUT2D eigenvalue weighted by atomic mass is 9.92. The van der Waals surface area contributed by atoms with E-state index in [0.717, 1.165) is 16.0 Å². The Balaban J connectivity index is 1.53. The van der Waals surface area contributed by atoms with Gasteiger partial charge < -0.3 is 15.4 Å². The molecule has 7 heteroatoms. The quantitative estimate of drug-likeness (QED) is 0.812. The van der Waals surface area contributed by atoms with Crippen LogP contribution in [0.25, 0.3) is 0 Å². The molecule has 27 heavy (non-hydrogen) atoms. The topological polar surface area (TPSA) is 87.7 Å². The highest BCUT2D eigenvalue weighted by atomic mass is 16.5. The Morgan fingerprint density at radius 3 is 2.74 bits per heavy atom. The second kappa shape index (κ2) is 6.42. The molecular formula is C20H19N3O4. The summed E-state index contributed by atoms with van der Waals surface area (Å²) < 4.78 is 5.20. The normalized spacial score (nSPS) is 20.6. The summed E-state index contributed by atoms with van der Waals surface area (Å²) in [7, 11) is 1.50. The smallest absolute Gasteiger partial charge is 0.325 e. The van der Waals surface area contributed by atoms with E-state index in [4.69, 9.17) is 4.74 Å². The van der Waals surface area contributed by atoms with Gasteiger partial charge in [-0.15, -0.1) is 0 Å². The second-order valence-corrected chi connectivity index (χ2v) is 6.63. The summed E-state index contributed by atoms with van der Waals surface area (Å²) in [5.74, 6) is -0.344. The fraction of sp³-hybridized carbons (Fsp3) is 0.250. The maximum atomic E-state index is 13.1. The van der Waals surface area contributed by atoms with E-state index in [1.807, 2.05) is 24.3 Å². The first-order valence-corrected chi connectivity index (χ1v) is 8.70. The van der Waals surface area contributed by atoms with Crippen molar-refractivity contribution in [2.24, 2.45) is 0 Å². The van der Waals surface area contributed by atoms with Crippen molar-refractivity contribution in [3.8, 4) is 5.75 Å². The monoisotopic (exact) mass is 365 g/mol. The summed E-state index contributed by atoms with van der Waals surface area (Å²) in [5.41, 5.74) is 1.29. The van der Waals surface area contributed by atoms with E-state index in [2.05, 4.69) is 10.6 Å². The van der Waals surface area contributed by atoms with Gasteiger partial charge in [-0.05, 0) is 36.1 Å². The molecule has 1 saturated heterocycles. The van der Waals surface area contributed by atoms with Gasteiger partial charge >= 0.3 is 6.03 Å². The van der Waals surface area contributed by atoms with Crippen molar-refractivity contribution in [2.75, 3.05) is 19.0 Å². The third kappa shape index (κ3) is 2.71. The number of methoxy groups -OCH3 is 1. The van der Waals surface area contributed by atoms with Gasteiger partial charge in [0.25, 0.3) is 5.91 Å². The number of aryl methyl sites for hydroxylation is 1. The molecule has 0 radical (unpaired) electrons. The number of anilines is 1. The van der Waals surface area contributed by atoms with Gasteiger partial charge in [0.1, 0.15) is 17.8 Å². The number of rotatable bonds is 4. The van der Waals surface area contributed by atoms with E-state index in [1.54, 1.807) is 24.3 Å². The molecule has 1 spiro atoms. The first kappa shape index (κ1) is 17.1. The minimum atomic E-state index is -1.06. The van der Waals surface area contributed by atoms with E-state index in [-0.39, 0.29) is 12.5 Å². The van der Waals surface area contributed by atoms with Crippen LogP contribution in [0.15, 0.2) is 48.5 Å². The Kier molecular flexibility index (Phi) is 4.07. The zero-order chi connectivity index (χ0) is 19.0. The minimum absolute atomic E-state index is 0.355. The van der Waals surface area contributed by atoms with Crippen LogP contribution < -0.4 is 15.4 Å². The summed E-state index contributed by atoms with van der Waals surface area (Å²) in [6.45, 7) is -0.355. The van der Waals surface area contributed by atoms with Gasteiger partial charge in [-0.25, -0.2) is 4.79 Å². The standard InChI is InChI=1S/C20H19N3O4/c1-27-16-9-5-4-8-15(16)21-17(24)12-23-18(25)20(22-19(23)26)11-10-13-6-2-3-7-14(13)20/h2-9H,10-12H2,1H3,(H,21,24)(H,22,26)/t20-/m1/s1. The summed E-state index contributed by atoms with van der Waals surface area (Å²) in [4.78, 5) is 38.9. The second-order valence-electron chi connectivity index (χ2n) is 6.63. The third-order valence-corrected chi connectivity index (χ3v) is 5.10. The maximum Gasteiger partial charge on any atom is 0.325 e. The Morgan fingerprint density at radius 2 is 1.93 bits per heavy atom. The molecule has 2 N–H and O–H groups in total. The van der Waals surface area contributed by atoms with Crippen LogP contribution in [0.3, 0.4) is 0 Å². The first-order chi connectivity index (χ1) is 13.0. The predicted molar refractivity (Wildman–Crippen MR) is 98.3 cm³/mol. The van der Waals surface area contributed by atoms with Crippen LogP contribution in [-0.2, 0) is 21.5 Å². The average molecular weight is 365 g/mol. The van der Waals surface area contributed by atoms with E-state index in [9.17, 15) is 14.4 Å². The van der Waals surface area contributed by atoms with Crippen molar-refractivity contribution in [3.05, 3.63) is 59.7 Å². The maximum absolute atomic E-state index is 13.1. The van der Waals surface area contributed by atoms with E-state index in [1.165, 1.54) is 7.11 Å². The Bertz CT molecular complexity index is 942. The number of amides is 4. The molecule has 1 heterocycles. The molecule has 7 nitrogen and oxygen atoms in total. The van der Waals surface area contributed by atoms with Gasteiger partial charge in [0.05, 0.1) is 12.8 Å². The SMILES string of the molecule is COc1ccccc1NC(=O)CN1C(=O)N[C@@]2(CCc3ccccc32)C1=O. The molecule has 0 unspecified atom stereocenters. The fourth-order valence-corrected chi connectivity index (χ4v) is 3.81. The third-order valence-electron chi connectivity index (χ3n) is 5.10. The van der Waals surface area contributed by atoms with Gasteiger partial charge in [-0.1, -0.05) is 36.4 Å². The lowest BCUT2D eigenvalue weighted by Gasteiger charge is -2.22. The van der Waals surface area contributed by atoms with E-state index in [0.29, 0.717) is 24.3 Å². The van der Waals surface area contributed by atoms with Crippen LogP contribution >= 0.6 is 0 Å². The molecule has 1 fully saturated rings. The minimum Gasteiger partial charge on any atom is -0.495 e. The summed E-state index contributed by atoms with van der Waals surface area (Å²) in [5, 5.41) is 5.50. The van der Waals surface area contributed by atoms with Crippen LogP contribution in [-0.4, -0.2) is 36.4 Å². The van der Waals surface area contributed by atoms with E-state index >= 15 is 0 Å². The van der Waals surface area contributed by atoms with Crippen molar-refractivity contribution in [3.63, 3.8) is 0 Å². The number of carbonyl (C=O) groups excluding carboxylic acids is 3. The number of benzene rings is 2. The number of hydrogen-bond acceptors (Lipinski definition) is 4. The summed E-state index contributed by atoms with van der Waals surface area (Å²) in [6.07, 6.45) is 1.21. The molecular weight excluding hydrogens is 346 g/mol. The molecule has 1 aliphatic heterocycles. The molecule has 2 aliphatic rings. The number of hydrogen-bond donors (Lipinski definition) is 2. The molecule has 0 aromatic heterocycles. The van der Waals surface area contributed by atoms with Crippen LogP contribution in [0.5, 0.6) is 5.75 Å². The Labute approximate surface area is 156 Å². The van der Waals surface area contributed by atoms with Gasteiger partial charge in [-0.2, -0.15) is 0 Å². The number of nitrogens with one attached hydrogen (secondary N) is 2. The van der Waals surface area contributed by atoms with Crippen LogP contribution in [0, 0.1) is 0 Å². The van der Waals surface area contributed by atoms with Gasteiger partial charge in [0.15, 0.2) is 0 Å². The van der Waals surface area contributed by atoms with Gasteiger partial charge in [-0.3, -0.25) is 14.5 Å². The Hall–Kier alpha value is -3.35. The molecule has 2 aromatic rings. The van der Waals surface area contributed by atoms with Crippen molar-refractivity contribution < 1.29 is 19.1 Å². The number of nitrogens with zero attached hydrogens (tertiary/aromatic N) is 1. The Morgan fingerprint density at radius 1 is 1.19 bits per heavy atom. The highest BCUT2D eigenvalue weighted by Gasteiger charge is 2.55. The molecule has 0 saturated carbocycles. The fourth-order valence-electron chi connectivity index (χ4n) is 3.81. The van der Waals surface area contributed by atoms with Crippen LogP contribution in [0.2, 0.25) is 0 Å². The predicted octanol–water partition coefficient (Wildman–Crippen LogP) is 2.03. The highest BCUT2D eigenvalue weighted by Crippen LogP contribution is 2.41. The molecule has 4 rings (SSSR count). The summed E-state index contributed by atoms with van der Waals surface area (Å²) >= 11 is 0. The lowest BCUT2D eigenvalue weighted by molar-refractivity contribution is -0.134. The number of carbonyl (C=O) groups is 3. The number of ether oxygens (including phenoxy) is 1. The van der Waals surface area contributed by atoms with Gasteiger partial charge in [0.2, 0.25) is 5.91 Å². The van der Waals surface area contributed by atoms with Crippen molar-refractivity contribution in [1.29, 1.82) is 0 Å². The van der Waals surface area contributed by atoms with Crippen LogP contribution in [0.4, 0.5) is 10.5 Å². The number of fused-ring (bicyclic) bond motifs is 2. The molecule has 2 aromatic carbocycles. The highest BCUT2D eigenvalue weighted by molar-refractivity contribution is 6.11.